The SMILES string of the molecule is CN1C[C@@H]2CN(S(=O)(=O)c3ccccc3N)C[C@@H]2C1. The van der Waals surface area contributed by atoms with Gasteiger partial charge in [-0.05, 0) is 31.0 Å². The average molecular weight is 281 g/mol. The highest BCUT2D eigenvalue weighted by atomic mass is 32.2. The molecule has 0 spiro atoms. The van der Waals surface area contributed by atoms with Crippen LogP contribution in [0.3, 0.4) is 0 Å². The van der Waals surface area contributed by atoms with Crippen LogP contribution in [0.2, 0.25) is 0 Å². The van der Waals surface area contributed by atoms with Crippen LogP contribution in [-0.4, -0.2) is 50.8 Å². The number of nitrogens with zero attached hydrogens (tertiary/aromatic N) is 2. The fourth-order valence-corrected chi connectivity index (χ4v) is 4.91. The minimum atomic E-state index is -3.44. The van der Waals surface area contributed by atoms with Crippen molar-refractivity contribution in [1.29, 1.82) is 0 Å². The van der Waals surface area contributed by atoms with E-state index in [0.717, 1.165) is 13.1 Å². The van der Waals surface area contributed by atoms with Crippen molar-refractivity contribution in [3.63, 3.8) is 0 Å². The van der Waals surface area contributed by atoms with E-state index in [1.807, 2.05) is 0 Å². The Balaban J connectivity index is 1.86. The fraction of sp³-hybridized carbons (Fsp3) is 0.538. The van der Waals surface area contributed by atoms with Crippen LogP contribution in [0, 0.1) is 11.8 Å². The van der Waals surface area contributed by atoms with E-state index in [1.165, 1.54) is 0 Å². The molecule has 104 valence electrons. The van der Waals surface area contributed by atoms with Crippen LogP contribution in [0.4, 0.5) is 5.69 Å². The van der Waals surface area contributed by atoms with Gasteiger partial charge in [-0.2, -0.15) is 4.31 Å². The number of anilines is 1. The highest BCUT2D eigenvalue weighted by Crippen LogP contribution is 2.34. The Morgan fingerprint density at radius 3 is 2.26 bits per heavy atom. The lowest BCUT2D eigenvalue weighted by Gasteiger charge is -2.20. The lowest BCUT2D eigenvalue weighted by atomic mass is 10.0. The van der Waals surface area contributed by atoms with Gasteiger partial charge < -0.3 is 10.6 Å². The van der Waals surface area contributed by atoms with Crippen LogP contribution in [0.15, 0.2) is 29.2 Å². The van der Waals surface area contributed by atoms with Crippen LogP contribution in [0.5, 0.6) is 0 Å². The van der Waals surface area contributed by atoms with Crippen molar-refractivity contribution in [2.24, 2.45) is 11.8 Å². The number of likely N-dealkylation sites (tertiary alicyclic amines) is 1. The molecule has 0 radical (unpaired) electrons. The standard InChI is InChI=1S/C13H19N3O2S/c1-15-6-10-8-16(9-11(10)7-15)19(17,18)13-5-3-2-4-12(13)14/h2-5,10-11H,6-9,14H2,1H3/t10-,11+. The van der Waals surface area contributed by atoms with E-state index in [1.54, 1.807) is 28.6 Å². The Kier molecular flexibility index (Phi) is 3.03. The third-order valence-corrected chi connectivity index (χ3v) is 6.08. The maximum atomic E-state index is 12.6. The van der Waals surface area contributed by atoms with E-state index in [4.69, 9.17) is 5.73 Å². The molecule has 2 aliphatic heterocycles. The summed E-state index contributed by atoms with van der Waals surface area (Å²) < 4.78 is 26.8. The second-order valence-electron chi connectivity index (χ2n) is 5.60. The first-order valence-corrected chi connectivity index (χ1v) is 7.95. The number of nitrogen functional groups attached to an aromatic ring is 1. The normalized spacial score (nSPS) is 28.7. The third kappa shape index (κ3) is 2.13. The summed E-state index contributed by atoms with van der Waals surface area (Å²) in [5.74, 6) is 0.925. The molecule has 2 fully saturated rings. The first kappa shape index (κ1) is 12.9. The van der Waals surface area contributed by atoms with Crippen LogP contribution in [-0.2, 0) is 10.0 Å². The van der Waals surface area contributed by atoms with Gasteiger partial charge in [0.1, 0.15) is 4.90 Å². The molecule has 0 bridgehead atoms. The molecule has 6 heteroatoms. The molecular weight excluding hydrogens is 262 g/mol. The number of nitrogens with two attached hydrogens (primary N) is 1. The first-order valence-electron chi connectivity index (χ1n) is 6.51. The van der Waals surface area contributed by atoms with Crippen molar-refractivity contribution in [3.8, 4) is 0 Å². The molecule has 0 amide bonds. The average Bonchev–Trinajstić information content (AvgIpc) is 2.86. The van der Waals surface area contributed by atoms with E-state index < -0.39 is 10.0 Å². The number of fused-ring (bicyclic) bond motifs is 1. The van der Waals surface area contributed by atoms with Gasteiger partial charge in [-0.15, -0.1) is 0 Å². The minimum absolute atomic E-state index is 0.239. The zero-order chi connectivity index (χ0) is 13.6. The summed E-state index contributed by atoms with van der Waals surface area (Å²) >= 11 is 0. The number of benzene rings is 1. The molecule has 5 nitrogen and oxygen atoms in total. The van der Waals surface area contributed by atoms with Gasteiger partial charge in [-0.1, -0.05) is 12.1 Å². The van der Waals surface area contributed by atoms with Crippen molar-refractivity contribution >= 4 is 15.7 Å². The Bertz CT molecular complexity index is 573. The number of hydrogen-bond donors (Lipinski definition) is 1. The van der Waals surface area contributed by atoms with Gasteiger partial charge in [0.05, 0.1) is 5.69 Å². The smallest absolute Gasteiger partial charge is 0.245 e. The summed E-state index contributed by atoms with van der Waals surface area (Å²) in [5, 5.41) is 0. The predicted molar refractivity (Wildman–Crippen MR) is 74.1 cm³/mol. The van der Waals surface area contributed by atoms with Crippen LogP contribution < -0.4 is 5.73 Å². The molecule has 1 aromatic rings. The summed E-state index contributed by atoms with van der Waals surface area (Å²) in [6.07, 6.45) is 0. The van der Waals surface area contributed by atoms with Crippen LogP contribution >= 0.6 is 0 Å². The summed E-state index contributed by atoms with van der Waals surface area (Å²) in [7, 11) is -1.35. The minimum Gasteiger partial charge on any atom is -0.398 e. The zero-order valence-electron chi connectivity index (χ0n) is 11.0. The zero-order valence-corrected chi connectivity index (χ0v) is 11.8. The molecule has 2 N–H and O–H groups in total. The summed E-state index contributed by atoms with van der Waals surface area (Å²) in [6.45, 7) is 3.21. The van der Waals surface area contributed by atoms with Gasteiger partial charge in [-0.3, -0.25) is 0 Å². The number of hydrogen-bond acceptors (Lipinski definition) is 4. The van der Waals surface area contributed by atoms with Gasteiger partial charge in [0.25, 0.3) is 0 Å². The van der Waals surface area contributed by atoms with Gasteiger partial charge in [0.2, 0.25) is 10.0 Å². The summed E-state index contributed by atoms with van der Waals surface area (Å²) in [5.41, 5.74) is 6.13. The molecule has 19 heavy (non-hydrogen) atoms. The number of para-hydroxylation sites is 1. The molecule has 0 saturated carbocycles. The Hall–Kier alpha value is -1.11. The Labute approximate surface area is 114 Å². The first-order chi connectivity index (χ1) is 8.98. The largest absolute Gasteiger partial charge is 0.398 e. The van der Waals surface area contributed by atoms with E-state index in [-0.39, 0.29) is 4.90 Å². The van der Waals surface area contributed by atoms with Crippen molar-refractivity contribution in [3.05, 3.63) is 24.3 Å². The van der Waals surface area contributed by atoms with E-state index >= 15 is 0 Å². The molecular formula is C13H19N3O2S. The Morgan fingerprint density at radius 2 is 1.68 bits per heavy atom. The van der Waals surface area contributed by atoms with Crippen LogP contribution in [0.1, 0.15) is 0 Å². The topological polar surface area (TPSA) is 66.6 Å². The quantitative estimate of drug-likeness (QED) is 0.799. The van der Waals surface area contributed by atoms with E-state index in [9.17, 15) is 8.42 Å². The van der Waals surface area contributed by atoms with Crippen molar-refractivity contribution < 1.29 is 8.42 Å². The second kappa shape index (κ2) is 4.47. The Morgan fingerprint density at radius 1 is 1.11 bits per heavy atom. The van der Waals surface area contributed by atoms with Gasteiger partial charge >= 0.3 is 0 Å². The summed E-state index contributed by atoms with van der Waals surface area (Å²) in [4.78, 5) is 2.51. The molecule has 2 saturated heterocycles. The molecule has 1 aromatic carbocycles. The molecule has 0 aliphatic carbocycles. The van der Waals surface area contributed by atoms with Gasteiger partial charge in [-0.25, -0.2) is 8.42 Å². The molecule has 2 atom stereocenters. The summed E-state index contributed by atoms with van der Waals surface area (Å²) in [6, 6.07) is 6.69. The molecule has 3 rings (SSSR count). The number of sulfonamides is 1. The van der Waals surface area contributed by atoms with E-state index in [2.05, 4.69) is 11.9 Å². The third-order valence-electron chi connectivity index (χ3n) is 4.17. The fourth-order valence-electron chi connectivity index (χ4n) is 3.24. The maximum Gasteiger partial charge on any atom is 0.245 e. The monoisotopic (exact) mass is 281 g/mol. The molecule has 0 aromatic heterocycles. The molecule has 2 aliphatic rings. The van der Waals surface area contributed by atoms with E-state index in [0.29, 0.717) is 30.6 Å². The van der Waals surface area contributed by atoms with Crippen LogP contribution in [0.25, 0.3) is 0 Å². The van der Waals surface area contributed by atoms with Crippen molar-refractivity contribution in [1.82, 2.24) is 9.21 Å². The van der Waals surface area contributed by atoms with Crippen molar-refractivity contribution in [2.45, 2.75) is 4.90 Å². The molecule has 0 unspecified atom stereocenters. The van der Waals surface area contributed by atoms with Crippen molar-refractivity contribution in [2.75, 3.05) is 39.0 Å². The van der Waals surface area contributed by atoms with Gasteiger partial charge in [0.15, 0.2) is 0 Å². The van der Waals surface area contributed by atoms with Gasteiger partial charge in [0, 0.05) is 26.2 Å². The number of rotatable bonds is 2. The second-order valence-corrected chi connectivity index (χ2v) is 7.51. The lowest BCUT2D eigenvalue weighted by Crippen LogP contribution is -2.32. The lowest BCUT2D eigenvalue weighted by molar-refractivity contribution is 0.349. The maximum absolute atomic E-state index is 12.6. The highest BCUT2D eigenvalue weighted by molar-refractivity contribution is 7.89. The highest BCUT2D eigenvalue weighted by Gasteiger charge is 2.43. The predicted octanol–water partition coefficient (Wildman–Crippen LogP) is 0.451. The molecule has 2 heterocycles.